The number of benzene rings is 7. The maximum Gasteiger partial charge on any atom is 0.0963 e. The molecule has 7 aromatic carbocycles. The molecular weight excluding hydrogens is 681 g/mol. The molecule has 0 atom stereocenters. The summed E-state index contributed by atoms with van der Waals surface area (Å²) in [5.41, 5.74) is 16.9. The van der Waals surface area contributed by atoms with E-state index < -0.39 is 0 Å². The van der Waals surface area contributed by atoms with Crippen LogP contribution < -0.4 is 0 Å². The molecule has 0 saturated carbocycles. The summed E-state index contributed by atoms with van der Waals surface area (Å²) in [5.74, 6) is 0. The molecule has 0 radical (unpaired) electrons. The van der Waals surface area contributed by atoms with Gasteiger partial charge in [0.15, 0.2) is 0 Å². The molecule has 0 bridgehead atoms. The van der Waals surface area contributed by atoms with Crippen molar-refractivity contribution in [2.24, 2.45) is 0 Å². The molecule has 56 heavy (non-hydrogen) atoms. The number of pyridine rings is 2. The van der Waals surface area contributed by atoms with Gasteiger partial charge in [-0.3, -0.25) is 9.97 Å². The highest BCUT2D eigenvalue weighted by Gasteiger charge is 2.17. The molecule has 4 heterocycles. The maximum absolute atomic E-state index is 4.93. The van der Waals surface area contributed by atoms with E-state index in [0.717, 1.165) is 66.8 Å². The fourth-order valence-corrected chi connectivity index (χ4v) is 8.37. The van der Waals surface area contributed by atoms with Crippen molar-refractivity contribution in [3.05, 3.63) is 207 Å². The molecule has 0 aliphatic heterocycles. The quantitative estimate of drug-likeness (QED) is 0.172. The Morgan fingerprint density at radius 3 is 1.66 bits per heavy atom. The van der Waals surface area contributed by atoms with Crippen LogP contribution in [0.3, 0.4) is 0 Å². The lowest BCUT2D eigenvalue weighted by atomic mass is 9.95. The molecule has 0 saturated heterocycles. The predicted molar refractivity (Wildman–Crippen MR) is 232 cm³/mol. The van der Waals surface area contributed by atoms with E-state index in [9.17, 15) is 0 Å². The number of aromatic nitrogens is 4. The number of fused-ring (bicyclic) bond motifs is 6. The Morgan fingerprint density at radius 1 is 0.286 bits per heavy atom. The van der Waals surface area contributed by atoms with Crippen molar-refractivity contribution in [1.29, 1.82) is 0 Å². The summed E-state index contributed by atoms with van der Waals surface area (Å²) >= 11 is 0. The summed E-state index contributed by atoms with van der Waals surface area (Å²) in [5, 5.41) is 3.63. The summed E-state index contributed by atoms with van der Waals surface area (Å²) in [4.78, 5) is 9.61. The Morgan fingerprint density at radius 2 is 0.857 bits per heavy atom. The SMILES string of the molecule is c1ccc(-c2cc(-c3ccc(-n4c5ccc(-c6ccc7c8ccccc8n(-c8ccccc8)c7c6)cc5c5ncccc54)cc3)cc(-c3ccccn3)c2)cc1. The maximum atomic E-state index is 4.93. The highest BCUT2D eigenvalue weighted by atomic mass is 15.0. The molecule has 0 fully saturated rings. The minimum atomic E-state index is 0.957. The first-order valence-corrected chi connectivity index (χ1v) is 19.0. The largest absolute Gasteiger partial charge is 0.309 e. The van der Waals surface area contributed by atoms with Crippen LogP contribution in [-0.4, -0.2) is 19.1 Å². The van der Waals surface area contributed by atoms with Crippen molar-refractivity contribution < 1.29 is 0 Å². The van der Waals surface area contributed by atoms with Gasteiger partial charge in [0.1, 0.15) is 0 Å². The fourth-order valence-electron chi connectivity index (χ4n) is 8.37. The van der Waals surface area contributed by atoms with Gasteiger partial charge in [0.25, 0.3) is 0 Å². The van der Waals surface area contributed by atoms with Gasteiger partial charge in [-0.2, -0.15) is 0 Å². The van der Waals surface area contributed by atoms with E-state index >= 15 is 0 Å². The molecule has 4 nitrogen and oxygen atoms in total. The second-order valence-electron chi connectivity index (χ2n) is 14.3. The molecular formula is C52H34N4. The van der Waals surface area contributed by atoms with Crippen LogP contribution in [0.25, 0.3) is 99.8 Å². The highest BCUT2D eigenvalue weighted by Crippen LogP contribution is 2.38. The molecule has 11 rings (SSSR count). The second kappa shape index (κ2) is 13.1. The molecule has 0 aliphatic carbocycles. The van der Waals surface area contributed by atoms with Crippen LogP contribution in [0.15, 0.2) is 207 Å². The van der Waals surface area contributed by atoms with Crippen molar-refractivity contribution in [3.8, 4) is 56.0 Å². The van der Waals surface area contributed by atoms with Crippen LogP contribution in [0.2, 0.25) is 0 Å². The van der Waals surface area contributed by atoms with Gasteiger partial charge < -0.3 is 9.13 Å². The van der Waals surface area contributed by atoms with E-state index in [0.29, 0.717) is 0 Å². The lowest BCUT2D eigenvalue weighted by Crippen LogP contribution is -1.94. The molecule has 4 aromatic heterocycles. The molecule has 0 N–H and O–H groups in total. The highest BCUT2D eigenvalue weighted by molar-refractivity contribution is 6.11. The molecule has 0 aliphatic rings. The average molecular weight is 715 g/mol. The molecule has 0 amide bonds. The van der Waals surface area contributed by atoms with Crippen molar-refractivity contribution in [2.45, 2.75) is 0 Å². The Labute approximate surface area is 324 Å². The van der Waals surface area contributed by atoms with Crippen LogP contribution in [0.1, 0.15) is 0 Å². The van der Waals surface area contributed by atoms with Gasteiger partial charge in [-0.25, -0.2) is 0 Å². The zero-order valence-electron chi connectivity index (χ0n) is 30.4. The normalized spacial score (nSPS) is 11.6. The summed E-state index contributed by atoms with van der Waals surface area (Å²) in [6.07, 6.45) is 3.75. The molecule has 262 valence electrons. The Bertz CT molecular complexity index is 3160. The Balaban J connectivity index is 1.02. The Kier molecular flexibility index (Phi) is 7.46. The molecule has 11 aromatic rings. The number of hydrogen-bond acceptors (Lipinski definition) is 2. The van der Waals surface area contributed by atoms with Crippen molar-refractivity contribution in [2.75, 3.05) is 0 Å². The summed E-state index contributed by atoms with van der Waals surface area (Å²) in [6.45, 7) is 0. The van der Waals surface area contributed by atoms with Crippen LogP contribution in [0.5, 0.6) is 0 Å². The first-order chi connectivity index (χ1) is 27.8. The first-order valence-electron chi connectivity index (χ1n) is 19.0. The van der Waals surface area contributed by atoms with Gasteiger partial charge in [-0.05, 0) is 124 Å². The van der Waals surface area contributed by atoms with E-state index in [-0.39, 0.29) is 0 Å². The van der Waals surface area contributed by atoms with Gasteiger partial charge in [0.05, 0.1) is 33.3 Å². The summed E-state index contributed by atoms with van der Waals surface area (Å²) in [6, 6.07) is 69.5. The predicted octanol–water partition coefficient (Wildman–Crippen LogP) is 13.3. The van der Waals surface area contributed by atoms with E-state index in [2.05, 4.69) is 190 Å². The van der Waals surface area contributed by atoms with Gasteiger partial charge in [-0.1, -0.05) is 103 Å². The number of rotatable bonds is 6. The van der Waals surface area contributed by atoms with Crippen LogP contribution in [-0.2, 0) is 0 Å². The number of para-hydroxylation sites is 2. The van der Waals surface area contributed by atoms with Crippen molar-refractivity contribution >= 4 is 43.7 Å². The third kappa shape index (κ3) is 5.31. The zero-order valence-corrected chi connectivity index (χ0v) is 30.4. The smallest absolute Gasteiger partial charge is 0.0963 e. The van der Waals surface area contributed by atoms with E-state index in [1.807, 2.05) is 30.6 Å². The van der Waals surface area contributed by atoms with Crippen molar-refractivity contribution in [1.82, 2.24) is 19.1 Å². The number of hydrogen-bond donors (Lipinski definition) is 0. The summed E-state index contributed by atoms with van der Waals surface area (Å²) < 4.78 is 4.71. The lowest BCUT2D eigenvalue weighted by molar-refractivity contribution is 1.18. The van der Waals surface area contributed by atoms with Crippen LogP contribution in [0, 0.1) is 0 Å². The minimum absolute atomic E-state index is 0.957. The number of nitrogens with zero attached hydrogens (tertiary/aromatic N) is 4. The minimum Gasteiger partial charge on any atom is -0.309 e. The first kappa shape index (κ1) is 31.9. The van der Waals surface area contributed by atoms with Crippen LogP contribution >= 0.6 is 0 Å². The standard InChI is InChI=1S/C52H34N4/c1-3-12-35(13-4-1)39-30-40(32-41(31-39)47-17-9-10-28-53-47)36-20-24-43(25-21-36)55-49-27-23-37(33-46(49)52-50(55)19-11-29-54-52)38-22-26-45-44-16-7-8-18-48(44)56(51(45)34-38)42-14-5-2-6-15-42/h1-34H. The van der Waals surface area contributed by atoms with E-state index in [4.69, 9.17) is 4.98 Å². The Hall–Kier alpha value is -7.56. The molecule has 0 spiro atoms. The third-order valence-electron chi connectivity index (χ3n) is 11.0. The van der Waals surface area contributed by atoms with Crippen LogP contribution in [0.4, 0.5) is 0 Å². The monoisotopic (exact) mass is 714 g/mol. The van der Waals surface area contributed by atoms with E-state index in [1.165, 1.54) is 32.9 Å². The van der Waals surface area contributed by atoms with E-state index in [1.54, 1.807) is 0 Å². The zero-order chi connectivity index (χ0) is 37.0. The molecule has 0 unspecified atom stereocenters. The second-order valence-corrected chi connectivity index (χ2v) is 14.3. The van der Waals surface area contributed by atoms with Crippen molar-refractivity contribution in [3.63, 3.8) is 0 Å². The van der Waals surface area contributed by atoms with Gasteiger partial charge in [0.2, 0.25) is 0 Å². The van der Waals surface area contributed by atoms with Gasteiger partial charge in [0, 0.05) is 45.5 Å². The lowest BCUT2D eigenvalue weighted by Gasteiger charge is -2.12. The fraction of sp³-hybridized carbons (Fsp3) is 0. The molecule has 4 heteroatoms. The van der Waals surface area contributed by atoms with Gasteiger partial charge >= 0.3 is 0 Å². The topological polar surface area (TPSA) is 35.6 Å². The summed E-state index contributed by atoms with van der Waals surface area (Å²) in [7, 11) is 0. The van der Waals surface area contributed by atoms with Gasteiger partial charge in [-0.15, -0.1) is 0 Å². The third-order valence-corrected chi connectivity index (χ3v) is 11.0. The average Bonchev–Trinajstić information content (AvgIpc) is 3.79.